The van der Waals surface area contributed by atoms with Crippen LogP contribution in [0.25, 0.3) is 0 Å². The highest BCUT2D eigenvalue weighted by Gasteiger charge is 2.31. The Morgan fingerprint density at radius 3 is 2.43 bits per heavy atom. The van der Waals surface area contributed by atoms with E-state index in [1.54, 1.807) is 4.90 Å². The molecule has 1 fully saturated rings. The minimum Gasteiger partial charge on any atom is -0.333 e. The van der Waals surface area contributed by atoms with Gasteiger partial charge in [0.25, 0.3) is 0 Å². The maximum Gasteiger partial charge on any atom is 0.223 e. The fraction of sp³-hybridized carbons (Fsp3) is 0.824. The van der Waals surface area contributed by atoms with Crippen LogP contribution >= 0.6 is 0 Å². The molecule has 1 amide bonds. The van der Waals surface area contributed by atoms with Crippen LogP contribution in [-0.4, -0.2) is 35.0 Å². The van der Waals surface area contributed by atoms with Gasteiger partial charge in [-0.05, 0) is 19.3 Å². The van der Waals surface area contributed by atoms with E-state index in [4.69, 9.17) is 0 Å². The SMILES string of the molecule is CCCCCCCC(=O)CC(=O)[C@H](CC)N1CCCC1=O. The predicted molar refractivity (Wildman–Crippen MR) is 83.0 cm³/mol. The topological polar surface area (TPSA) is 54.5 Å². The van der Waals surface area contributed by atoms with Crippen molar-refractivity contribution < 1.29 is 14.4 Å². The van der Waals surface area contributed by atoms with Gasteiger partial charge in [0, 0.05) is 19.4 Å². The van der Waals surface area contributed by atoms with Gasteiger partial charge in [-0.1, -0.05) is 39.5 Å². The average Bonchev–Trinajstić information content (AvgIpc) is 2.86. The van der Waals surface area contributed by atoms with Gasteiger partial charge in [-0.2, -0.15) is 0 Å². The van der Waals surface area contributed by atoms with Crippen LogP contribution in [0.4, 0.5) is 0 Å². The zero-order valence-electron chi connectivity index (χ0n) is 13.5. The Labute approximate surface area is 128 Å². The molecule has 4 heteroatoms. The number of rotatable bonds is 11. The Balaban J connectivity index is 2.32. The molecule has 0 spiro atoms. The van der Waals surface area contributed by atoms with Gasteiger partial charge in [0.2, 0.25) is 5.91 Å². The van der Waals surface area contributed by atoms with Gasteiger partial charge in [-0.15, -0.1) is 0 Å². The second-order valence-corrected chi connectivity index (χ2v) is 5.96. The summed E-state index contributed by atoms with van der Waals surface area (Å²) in [4.78, 5) is 37.5. The third-order valence-corrected chi connectivity index (χ3v) is 4.18. The molecule has 4 nitrogen and oxygen atoms in total. The summed E-state index contributed by atoms with van der Waals surface area (Å²) in [5, 5.41) is 0. The van der Waals surface area contributed by atoms with Crippen molar-refractivity contribution >= 4 is 17.5 Å². The van der Waals surface area contributed by atoms with Crippen LogP contribution in [0.15, 0.2) is 0 Å². The van der Waals surface area contributed by atoms with E-state index in [0.717, 1.165) is 25.7 Å². The number of amides is 1. The lowest BCUT2D eigenvalue weighted by Crippen LogP contribution is -2.42. The first kappa shape index (κ1) is 17.9. The molecule has 0 unspecified atom stereocenters. The van der Waals surface area contributed by atoms with Crippen molar-refractivity contribution in [2.45, 2.75) is 84.1 Å². The summed E-state index contributed by atoms with van der Waals surface area (Å²) in [7, 11) is 0. The summed E-state index contributed by atoms with van der Waals surface area (Å²) in [6, 6.07) is -0.385. The lowest BCUT2D eigenvalue weighted by Gasteiger charge is -2.25. The fourth-order valence-electron chi connectivity index (χ4n) is 2.95. The standard InChI is InChI=1S/C17H29NO3/c1-3-5-6-7-8-10-14(19)13-16(20)15(4-2)18-12-9-11-17(18)21/h15H,3-13H2,1-2H3/t15-/m0/s1. The molecule has 0 aromatic carbocycles. The third kappa shape index (κ3) is 5.98. The summed E-state index contributed by atoms with van der Waals surface area (Å²) in [6.07, 6.45) is 7.97. The largest absolute Gasteiger partial charge is 0.333 e. The monoisotopic (exact) mass is 295 g/mol. The predicted octanol–water partition coefficient (Wildman–Crippen LogP) is 3.28. The van der Waals surface area contributed by atoms with Crippen LogP contribution in [0.2, 0.25) is 0 Å². The van der Waals surface area contributed by atoms with E-state index in [9.17, 15) is 14.4 Å². The van der Waals surface area contributed by atoms with Crippen LogP contribution in [0, 0.1) is 0 Å². The van der Waals surface area contributed by atoms with Crippen molar-refractivity contribution in [2.75, 3.05) is 6.54 Å². The highest BCUT2D eigenvalue weighted by molar-refractivity contribution is 6.02. The lowest BCUT2D eigenvalue weighted by molar-refractivity contribution is -0.138. The third-order valence-electron chi connectivity index (χ3n) is 4.18. The normalized spacial score (nSPS) is 16.3. The summed E-state index contributed by atoms with van der Waals surface area (Å²) in [5.41, 5.74) is 0. The zero-order chi connectivity index (χ0) is 15.7. The Morgan fingerprint density at radius 1 is 1.14 bits per heavy atom. The number of ketones is 2. The van der Waals surface area contributed by atoms with E-state index in [0.29, 0.717) is 25.8 Å². The van der Waals surface area contributed by atoms with Crippen LogP contribution < -0.4 is 0 Å². The molecule has 21 heavy (non-hydrogen) atoms. The molecule has 120 valence electrons. The van der Waals surface area contributed by atoms with Crippen molar-refractivity contribution in [3.63, 3.8) is 0 Å². The fourth-order valence-corrected chi connectivity index (χ4v) is 2.95. The van der Waals surface area contributed by atoms with E-state index >= 15 is 0 Å². The van der Waals surface area contributed by atoms with Gasteiger partial charge in [-0.3, -0.25) is 14.4 Å². The Hall–Kier alpha value is -1.19. The van der Waals surface area contributed by atoms with Gasteiger partial charge >= 0.3 is 0 Å². The van der Waals surface area contributed by atoms with Crippen molar-refractivity contribution in [3.05, 3.63) is 0 Å². The second kappa shape index (κ2) is 9.69. The first-order valence-corrected chi connectivity index (χ1v) is 8.44. The highest BCUT2D eigenvalue weighted by atomic mass is 16.2. The molecule has 1 aliphatic heterocycles. The van der Waals surface area contributed by atoms with Crippen molar-refractivity contribution in [3.8, 4) is 0 Å². The van der Waals surface area contributed by atoms with Crippen LogP contribution in [0.3, 0.4) is 0 Å². The molecular weight excluding hydrogens is 266 g/mol. The minimum absolute atomic E-state index is 0.00390. The van der Waals surface area contributed by atoms with Gasteiger partial charge in [0.15, 0.2) is 5.78 Å². The summed E-state index contributed by atoms with van der Waals surface area (Å²) < 4.78 is 0. The molecule has 0 bridgehead atoms. The minimum atomic E-state index is -0.385. The van der Waals surface area contributed by atoms with Crippen LogP contribution in [-0.2, 0) is 14.4 Å². The average molecular weight is 295 g/mol. The van der Waals surface area contributed by atoms with Crippen LogP contribution in [0.1, 0.15) is 78.1 Å². The van der Waals surface area contributed by atoms with Gasteiger partial charge in [-0.25, -0.2) is 0 Å². The molecule has 0 saturated carbocycles. The van der Waals surface area contributed by atoms with Crippen LogP contribution in [0.5, 0.6) is 0 Å². The Morgan fingerprint density at radius 2 is 1.86 bits per heavy atom. The Bertz CT molecular complexity index is 365. The molecule has 0 aromatic rings. The smallest absolute Gasteiger partial charge is 0.223 e. The number of hydrogen-bond donors (Lipinski definition) is 0. The highest BCUT2D eigenvalue weighted by Crippen LogP contribution is 2.18. The molecule has 0 N–H and O–H groups in total. The maximum absolute atomic E-state index is 12.2. The quantitative estimate of drug-likeness (QED) is 0.434. The number of Topliss-reactive ketones (excluding diaryl/α,β-unsaturated/α-hetero) is 2. The number of carbonyl (C=O) groups excluding carboxylic acids is 3. The number of likely N-dealkylation sites (tertiary alicyclic amines) is 1. The number of carbonyl (C=O) groups is 3. The second-order valence-electron chi connectivity index (χ2n) is 5.96. The molecule has 1 atom stereocenters. The van der Waals surface area contributed by atoms with E-state index in [-0.39, 0.29) is 29.9 Å². The maximum atomic E-state index is 12.2. The van der Waals surface area contributed by atoms with Gasteiger partial charge in [0.1, 0.15) is 5.78 Å². The molecule has 1 rings (SSSR count). The van der Waals surface area contributed by atoms with E-state index in [2.05, 4.69) is 6.92 Å². The Kier molecular flexibility index (Phi) is 8.24. The summed E-state index contributed by atoms with van der Waals surface area (Å²) in [5.74, 6) is 0.00937. The zero-order valence-corrected chi connectivity index (χ0v) is 13.5. The summed E-state index contributed by atoms with van der Waals surface area (Å²) >= 11 is 0. The number of unbranched alkanes of at least 4 members (excludes halogenated alkanes) is 4. The molecular formula is C17H29NO3. The van der Waals surface area contributed by atoms with Crippen molar-refractivity contribution in [2.24, 2.45) is 0 Å². The van der Waals surface area contributed by atoms with E-state index in [1.807, 2.05) is 6.92 Å². The molecule has 0 aliphatic carbocycles. The number of hydrogen-bond acceptors (Lipinski definition) is 3. The summed E-state index contributed by atoms with van der Waals surface area (Å²) in [6.45, 7) is 4.73. The van der Waals surface area contributed by atoms with Gasteiger partial charge in [0.05, 0.1) is 12.5 Å². The van der Waals surface area contributed by atoms with E-state index in [1.165, 1.54) is 12.8 Å². The van der Waals surface area contributed by atoms with Gasteiger partial charge < -0.3 is 4.90 Å². The molecule has 1 heterocycles. The number of nitrogens with zero attached hydrogens (tertiary/aromatic N) is 1. The van der Waals surface area contributed by atoms with Crippen molar-refractivity contribution in [1.82, 2.24) is 4.90 Å². The van der Waals surface area contributed by atoms with E-state index < -0.39 is 0 Å². The molecule has 1 saturated heterocycles. The molecule has 0 radical (unpaired) electrons. The lowest BCUT2D eigenvalue weighted by atomic mass is 10.0. The first-order valence-electron chi connectivity index (χ1n) is 8.44. The molecule has 0 aromatic heterocycles. The first-order chi connectivity index (χ1) is 10.1. The van der Waals surface area contributed by atoms with Crippen molar-refractivity contribution in [1.29, 1.82) is 0 Å². The molecule has 1 aliphatic rings.